The molecule has 18 heavy (non-hydrogen) atoms. The van der Waals surface area contributed by atoms with Gasteiger partial charge < -0.3 is 16.4 Å². The first-order valence-electron chi connectivity index (χ1n) is 6.61. The van der Waals surface area contributed by atoms with Crippen molar-refractivity contribution in [2.45, 2.75) is 25.3 Å². The van der Waals surface area contributed by atoms with Gasteiger partial charge in [0.15, 0.2) is 0 Å². The van der Waals surface area contributed by atoms with Crippen molar-refractivity contribution in [3.63, 3.8) is 0 Å². The first-order chi connectivity index (χ1) is 8.56. The van der Waals surface area contributed by atoms with Gasteiger partial charge in [-0.15, -0.1) is 0 Å². The van der Waals surface area contributed by atoms with Gasteiger partial charge in [0.05, 0.1) is 12.5 Å². The van der Waals surface area contributed by atoms with Crippen molar-refractivity contribution in [3.05, 3.63) is 0 Å². The summed E-state index contributed by atoms with van der Waals surface area (Å²) in [5.74, 6) is -0.354. The maximum absolute atomic E-state index is 12.1. The Morgan fingerprint density at radius 3 is 2.33 bits per heavy atom. The molecule has 6 heteroatoms. The quantitative estimate of drug-likeness (QED) is 0.657. The number of piperidine rings is 1. The molecular formula is C12H22N4O2. The van der Waals surface area contributed by atoms with Crippen molar-refractivity contribution >= 4 is 11.8 Å². The molecule has 2 heterocycles. The fourth-order valence-corrected chi connectivity index (χ4v) is 2.62. The zero-order valence-corrected chi connectivity index (χ0v) is 10.7. The smallest absolute Gasteiger partial charge is 0.236 e. The molecule has 0 spiro atoms. The predicted octanol–water partition coefficient (Wildman–Crippen LogP) is -1.26. The summed E-state index contributed by atoms with van der Waals surface area (Å²) in [6, 6.07) is 0.280. The minimum Gasteiger partial charge on any atom is -0.369 e. The SMILES string of the molecule is NC(=O)C1CCN(C(=O)CN2CCC(N)CC2)C1. The number of carbonyl (C=O) groups excluding carboxylic acids is 2. The van der Waals surface area contributed by atoms with Crippen LogP contribution in [0.4, 0.5) is 0 Å². The summed E-state index contributed by atoms with van der Waals surface area (Å²) < 4.78 is 0. The Morgan fingerprint density at radius 1 is 1.11 bits per heavy atom. The predicted molar refractivity (Wildman–Crippen MR) is 67.5 cm³/mol. The molecule has 1 unspecified atom stereocenters. The molecule has 0 saturated carbocycles. The number of nitrogens with two attached hydrogens (primary N) is 2. The van der Waals surface area contributed by atoms with E-state index < -0.39 is 0 Å². The first kappa shape index (κ1) is 13.3. The van der Waals surface area contributed by atoms with E-state index in [1.54, 1.807) is 4.90 Å². The Labute approximate surface area is 107 Å². The van der Waals surface area contributed by atoms with Gasteiger partial charge in [-0.25, -0.2) is 0 Å². The second-order valence-electron chi connectivity index (χ2n) is 5.34. The fourth-order valence-electron chi connectivity index (χ4n) is 2.62. The number of carbonyl (C=O) groups is 2. The summed E-state index contributed by atoms with van der Waals surface area (Å²) in [6.07, 6.45) is 2.61. The van der Waals surface area contributed by atoms with E-state index in [1.165, 1.54) is 0 Å². The van der Waals surface area contributed by atoms with E-state index in [9.17, 15) is 9.59 Å². The van der Waals surface area contributed by atoms with Crippen molar-refractivity contribution in [2.24, 2.45) is 17.4 Å². The second-order valence-corrected chi connectivity index (χ2v) is 5.34. The summed E-state index contributed by atoms with van der Waals surface area (Å²) in [7, 11) is 0. The Bertz CT molecular complexity index is 326. The highest BCUT2D eigenvalue weighted by molar-refractivity contribution is 5.82. The van der Waals surface area contributed by atoms with E-state index in [0.29, 0.717) is 26.1 Å². The van der Waals surface area contributed by atoms with Crippen molar-refractivity contribution in [1.29, 1.82) is 0 Å². The molecule has 4 N–H and O–H groups in total. The molecule has 0 radical (unpaired) electrons. The third kappa shape index (κ3) is 3.20. The van der Waals surface area contributed by atoms with Crippen LogP contribution in [0.2, 0.25) is 0 Å². The number of amides is 2. The van der Waals surface area contributed by atoms with E-state index in [0.717, 1.165) is 25.9 Å². The third-order valence-corrected chi connectivity index (χ3v) is 3.93. The number of primary amides is 1. The van der Waals surface area contributed by atoms with Crippen LogP contribution in [0.15, 0.2) is 0 Å². The van der Waals surface area contributed by atoms with E-state index in [-0.39, 0.29) is 23.8 Å². The monoisotopic (exact) mass is 254 g/mol. The van der Waals surface area contributed by atoms with Crippen molar-refractivity contribution in [2.75, 3.05) is 32.7 Å². The van der Waals surface area contributed by atoms with Crippen LogP contribution in [0.1, 0.15) is 19.3 Å². The van der Waals surface area contributed by atoms with Crippen LogP contribution in [0.5, 0.6) is 0 Å². The molecule has 0 aromatic heterocycles. The molecule has 1 atom stereocenters. The molecule has 2 aliphatic heterocycles. The molecule has 2 aliphatic rings. The van der Waals surface area contributed by atoms with E-state index in [1.807, 2.05) is 0 Å². The summed E-state index contributed by atoms with van der Waals surface area (Å²) in [5, 5.41) is 0. The average molecular weight is 254 g/mol. The number of hydrogen-bond donors (Lipinski definition) is 2. The summed E-state index contributed by atoms with van der Waals surface area (Å²) in [6.45, 7) is 3.36. The maximum atomic E-state index is 12.1. The molecule has 0 aromatic rings. The van der Waals surface area contributed by atoms with Gasteiger partial charge in [0.1, 0.15) is 0 Å². The molecular weight excluding hydrogens is 232 g/mol. The van der Waals surface area contributed by atoms with Gasteiger partial charge in [0.2, 0.25) is 11.8 Å². The van der Waals surface area contributed by atoms with Gasteiger partial charge in [-0.1, -0.05) is 0 Å². The Balaban J connectivity index is 1.77. The molecule has 0 aliphatic carbocycles. The highest BCUT2D eigenvalue weighted by Gasteiger charge is 2.30. The fraction of sp³-hybridized carbons (Fsp3) is 0.833. The number of hydrogen-bond acceptors (Lipinski definition) is 4. The van der Waals surface area contributed by atoms with Crippen LogP contribution < -0.4 is 11.5 Å². The lowest BCUT2D eigenvalue weighted by Gasteiger charge is -2.30. The highest BCUT2D eigenvalue weighted by Crippen LogP contribution is 2.16. The zero-order valence-electron chi connectivity index (χ0n) is 10.7. The first-order valence-corrected chi connectivity index (χ1v) is 6.61. The van der Waals surface area contributed by atoms with Crippen LogP contribution in [0.3, 0.4) is 0 Å². The van der Waals surface area contributed by atoms with Gasteiger partial charge >= 0.3 is 0 Å². The zero-order chi connectivity index (χ0) is 13.1. The largest absolute Gasteiger partial charge is 0.369 e. The molecule has 6 nitrogen and oxygen atoms in total. The molecule has 2 saturated heterocycles. The topological polar surface area (TPSA) is 92.7 Å². The van der Waals surface area contributed by atoms with E-state index in [2.05, 4.69) is 4.90 Å². The Hall–Kier alpha value is -1.14. The van der Waals surface area contributed by atoms with Crippen LogP contribution in [0.25, 0.3) is 0 Å². The standard InChI is InChI=1S/C12H22N4O2/c13-10-2-4-15(5-3-10)8-11(17)16-6-1-9(7-16)12(14)18/h9-10H,1-8,13H2,(H2,14,18). The van der Waals surface area contributed by atoms with Crippen LogP contribution in [-0.4, -0.2) is 60.4 Å². The minimum atomic E-state index is -0.297. The van der Waals surface area contributed by atoms with Gasteiger partial charge in [0, 0.05) is 32.2 Å². The number of likely N-dealkylation sites (tertiary alicyclic amines) is 2. The average Bonchev–Trinajstić information content (AvgIpc) is 2.81. The Kier molecular flexibility index (Phi) is 4.19. The van der Waals surface area contributed by atoms with Crippen molar-refractivity contribution < 1.29 is 9.59 Å². The van der Waals surface area contributed by atoms with Gasteiger partial charge in [-0.3, -0.25) is 14.5 Å². The third-order valence-electron chi connectivity index (χ3n) is 3.93. The molecule has 0 aromatic carbocycles. The second kappa shape index (κ2) is 5.67. The van der Waals surface area contributed by atoms with Crippen molar-refractivity contribution in [1.82, 2.24) is 9.80 Å². The number of nitrogens with zero attached hydrogens (tertiary/aromatic N) is 2. The lowest BCUT2D eigenvalue weighted by molar-refractivity contribution is -0.132. The molecule has 2 amide bonds. The highest BCUT2D eigenvalue weighted by atomic mass is 16.2. The summed E-state index contributed by atoms with van der Waals surface area (Å²) >= 11 is 0. The minimum absolute atomic E-state index is 0.106. The summed E-state index contributed by atoms with van der Waals surface area (Å²) in [4.78, 5) is 27.0. The molecule has 2 rings (SSSR count). The van der Waals surface area contributed by atoms with Gasteiger partial charge in [-0.2, -0.15) is 0 Å². The number of rotatable bonds is 3. The normalized spacial score (nSPS) is 26.5. The Morgan fingerprint density at radius 2 is 1.78 bits per heavy atom. The van der Waals surface area contributed by atoms with Crippen LogP contribution in [-0.2, 0) is 9.59 Å². The van der Waals surface area contributed by atoms with E-state index in [4.69, 9.17) is 11.5 Å². The lowest BCUT2D eigenvalue weighted by Crippen LogP contribution is -2.45. The van der Waals surface area contributed by atoms with Crippen molar-refractivity contribution in [3.8, 4) is 0 Å². The lowest BCUT2D eigenvalue weighted by atomic mass is 10.1. The molecule has 2 fully saturated rings. The summed E-state index contributed by atoms with van der Waals surface area (Å²) in [5.41, 5.74) is 11.1. The van der Waals surface area contributed by atoms with E-state index >= 15 is 0 Å². The van der Waals surface area contributed by atoms with Crippen LogP contribution in [0, 0.1) is 5.92 Å². The van der Waals surface area contributed by atoms with Gasteiger partial charge in [-0.05, 0) is 19.3 Å². The molecule has 102 valence electrons. The van der Waals surface area contributed by atoms with Crippen LogP contribution >= 0.6 is 0 Å². The maximum Gasteiger partial charge on any atom is 0.236 e. The molecule has 0 bridgehead atoms. The van der Waals surface area contributed by atoms with Gasteiger partial charge in [0.25, 0.3) is 0 Å².